The van der Waals surface area contributed by atoms with Crippen LogP contribution in [0.4, 0.5) is 16.4 Å². The predicted octanol–water partition coefficient (Wildman–Crippen LogP) is 1.54. The fraction of sp³-hybridized carbons (Fsp3) is 0.389. The van der Waals surface area contributed by atoms with E-state index in [0.29, 0.717) is 31.9 Å². The largest absolute Gasteiger partial charge is 0.461 e. The lowest BCUT2D eigenvalue weighted by atomic mass is 10.1. The molecule has 0 radical (unpaired) electrons. The number of piperazine rings is 1. The van der Waals surface area contributed by atoms with Gasteiger partial charge in [0.2, 0.25) is 11.6 Å². The van der Waals surface area contributed by atoms with Crippen molar-refractivity contribution < 1.29 is 24.0 Å². The fourth-order valence-corrected chi connectivity index (χ4v) is 3.67. The summed E-state index contributed by atoms with van der Waals surface area (Å²) in [5, 5.41) is 17.9. The lowest BCUT2D eigenvalue weighted by Crippen LogP contribution is -2.48. The first-order valence-electron chi connectivity index (χ1n) is 9.41. The summed E-state index contributed by atoms with van der Waals surface area (Å²) >= 11 is 0.797. The standard InChI is InChI=1S/C18H20N6O6S/c1-3-30-18(27)15-17(31-21-20-15)19-16(26)12-4-5-13(14(10-12)24(28)29)23-8-6-22(7-9-23)11(2)25/h4-5,10H,3,6-9H2,1-2H3,(H,19,26). The van der Waals surface area contributed by atoms with Crippen molar-refractivity contribution in [3.8, 4) is 0 Å². The summed E-state index contributed by atoms with van der Waals surface area (Å²) in [6.07, 6.45) is 0. The predicted molar refractivity (Wildman–Crippen MR) is 111 cm³/mol. The van der Waals surface area contributed by atoms with E-state index in [4.69, 9.17) is 4.74 Å². The Morgan fingerprint density at radius 3 is 2.58 bits per heavy atom. The third-order valence-corrected chi connectivity index (χ3v) is 5.33. The molecule has 0 saturated carbocycles. The molecule has 1 saturated heterocycles. The third kappa shape index (κ3) is 4.94. The van der Waals surface area contributed by atoms with Crippen LogP contribution in [0.15, 0.2) is 18.2 Å². The number of rotatable bonds is 6. The lowest BCUT2D eigenvalue weighted by molar-refractivity contribution is -0.384. The van der Waals surface area contributed by atoms with Crippen LogP contribution in [0.2, 0.25) is 0 Å². The summed E-state index contributed by atoms with van der Waals surface area (Å²) in [6.45, 7) is 5.07. The van der Waals surface area contributed by atoms with E-state index in [1.165, 1.54) is 25.1 Å². The molecule has 12 nitrogen and oxygen atoms in total. The molecule has 2 heterocycles. The Morgan fingerprint density at radius 1 is 1.26 bits per heavy atom. The summed E-state index contributed by atoms with van der Waals surface area (Å²) in [5.74, 6) is -1.41. The smallest absolute Gasteiger partial charge is 0.362 e. The van der Waals surface area contributed by atoms with Gasteiger partial charge in [0.15, 0.2) is 5.00 Å². The first-order valence-corrected chi connectivity index (χ1v) is 10.2. The van der Waals surface area contributed by atoms with Gasteiger partial charge in [-0.15, -0.1) is 5.10 Å². The van der Waals surface area contributed by atoms with E-state index in [-0.39, 0.29) is 34.5 Å². The van der Waals surface area contributed by atoms with Crippen LogP contribution >= 0.6 is 11.5 Å². The molecule has 31 heavy (non-hydrogen) atoms. The van der Waals surface area contributed by atoms with Gasteiger partial charge >= 0.3 is 5.97 Å². The molecular formula is C18H20N6O6S. The number of nitrogens with zero attached hydrogens (tertiary/aromatic N) is 5. The van der Waals surface area contributed by atoms with Crippen LogP contribution in [-0.2, 0) is 9.53 Å². The molecule has 1 aromatic heterocycles. The average Bonchev–Trinajstić information content (AvgIpc) is 3.21. The van der Waals surface area contributed by atoms with Crippen molar-refractivity contribution in [2.24, 2.45) is 0 Å². The number of ether oxygens (including phenoxy) is 1. The number of nitro benzene ring substituents is 1. The summed E-state index contributed by atoms with van der Waals surface area (Å²) in [7, 11) is 0. The Kier molecular flexibility index (Phi) is 6.74. The summed E-state index contributed by atoms with van der Waals surface area (Å²) in [4.78, 5) is 50.6. The van der Waals surface area contributed by atoms with Gasteiger partial charge in [0.25, 0.3) is 11.6 Å². The first kappa shape index (κ1) is 22.1. The summed E-state index contributed by atoms with van der Waals surface area (Å²) in [6, 6.07) is 4.15. The van der Waals surface area contributed by atoms with Gasteiger partial charge in [0.05, 0.1) is 11.5 Å². The van der Waals surface area contributed by atoms with Crippen molar-refractivity contribution in [1.82, 2.24) is 14.5 Å². The lowest BCUT2D eigenvalue weighted by Gasteiger charge is -2.35. The number of hydrogen-bond acceptors (Lipinski definition) is 10. The molecule has 3 rings (SSSR count). The van der Waals surface area contributed by atoms with Crippen LogP contribution in [0.5, 0.6) is 0 Å². The number of benzene rings is 1. The van der Waals surface area contributed by atoms with E-state index in [9.17, 15) is 24.5 Å². The maximum absolute atomic E-state index is 12.6. The second kappa shape index (κ2) is 9.47. The molecule has 2 amide bonds. The van der Waals surface area contributed by atoms with Crippen molar-refractivity contribution in [2.45, 2.75) is 13.8 Å². The van der Waals surface area contributed by atoms with Crippen LogP contribution in [0.3, 0.4) is 0 Å². The highest BCUT2D eigenvalue weighted by molar-refractivity contribution is 7.10. The number of esters is 1. The Hall–Kier alpha value is -3.61. The molecule has 1 aliphatic heterocycles. The molecule has 1 aliphatic rings. The Bertz CT molecular complexity index is 1020. The zero-order valence-corrected chi connectivity index (χ0v) is 17.7. The molecule has 0 bridgehead atoms. The molecule has 164 valence electrons. The van der Waals surface area contributed by atoms with Gasteiger partial charge in [-0.3, -0.25) is 19.7 Å². The van der Waals surface area contributed by atoms with Crippen molar-refractivity contribution >= 4 is 45.7 Å². The van der Waals surface area contributed by atoms with E-state index in [1.54, 1.807) is 11.8 Å². The maximum Gasteiger partial charge on any atom is 0.362 e. The molecule has 0 unspecified atom stereocenters. The van der Waals surface area contributed by atoms with E-state index in [2.05, 4.69) is 14.9 Å². The molecule has 0 spiro atoms. The zero-order valence-electron chi connectivity index (χ0n) is 16.9. The highest BCUT2D eigenvalue weighted by Crippen LogP contribution is 2.31. The number of nitro groups is 1. The van der Waals surface area contributed by atoms with Gasteiger partial charge in [-0.05, 0) is 19.1 Å². The van der Waals surface area contributed by atoms with Gasteiger partial charge in [0.1, 0.15) is 5.69 Å². The Morgan fingerprint density at radius 2 is 1.97 bits per heavy atom. The topological polar surface area (TPSA) is 148 Å². The van der Waals surface area contributed by atoms with Crippen molar-refractivity contribution in [1.29, 1.82) is 0 Å². The minimum Gasteiger partial charge on any atom is -0.461 e. The number of anilines is 2. The molecule has 0 atom stereocenters. The Labute approximate surface area is 181 Å². The van der Waals surface area contributed by atoms with Crippen molar-refractivity contribution in [3.63, 3.8) is 0 Å². The molecular weight excluding hydrogens is 428 g/mol. The first-order chi connectivity index (χ1) is 14.8. The minimum atomic E-state index is -0.724. The van der Waals surface area contributed by atoms with E-state index < -0.39 is 16.8 Å². The number of carbonyl (C=O) groups excluding carboxylic acids is 3. The number of nitrogens with one attached hydrogen (secondary N) is 1. The second-order valence-corrected chi connectivity index (χ2v) is 7.33. The molecule has 1 N–H and O–H groups in total. The molecule has 1 fully saturated rings. The SMILES string of the molecule is CCOC(=O)c1nnsc1NC(=O)c1ccc(N2CCN(C(C)=O)CC2)c([N+](=O)[O-])c1. The molecule has 13 heteroatoms. The maximum atomic E-state index is 12.6. The number of aromatic nitrogens is 2. The number of hydrogen-bond donors (Lipinski definition) is 1. The molecule has 0 aliphatic carbocycles. The zero-order chi connectivity index (χ0) is 22.5. The normalized spacial score (nSPS) is 13.6. The Balaban J connectivity index is 1.79. The monoisotopic (exact) mass is 448 g/mol. The highest BCUT2D eigenvalue weighted by Gasteiger charge is 2.27. The van der Waals surface area contributed by atoms with Crippen LogP contribution in [-0.4, -0.2) is 70.0 Å². The summed E-state index contributed by atoms with van der Waals surface area (Å²) in [5.41, 5.74) is 0.0593. The van der Waals surface area contributed by atoms with Crippen molar-refractivity contribution in [3.05, 3.63) is 39.6 Å². The van der Waals surface area contributed by atoms with E-state index in [1.807, 2.05) is 4.90 Å². The van der Waals surface area contributed by atoms with E-state index in [0.717, 1.165) is 11.5 Å². The van der Waals surface area contributed by atoms with Crippen LogP contribution in [0.1, 0.15) is 34.7 Å². The second-order valence-electron chi connectivity index (χ2n) is 6.58. The van der Waals surface area contributed by atoms with Gasteiger partial charge in [-0.25, -0.2) is 4.79 Å². The fourth-order valence-electron chi connectivity index (χ4n) is 3.12. The van der Waals surface area contributed by atoms with E-state index >= 15 is 0 Å². The minimum absolute atomic E-state index is 0.0408. The van der Waals surface area contributed by atoms with Crippen LogP contribution in [0.25, 0.3) is 0 Å². The van der Waals surface area contributed by atoms with Gasteiger partial charge in [-0.2, -0.15) is 0 Å². The van der Waals surface area contributed by atoms with Gasteiger partial charge in [-0.1, -0.05) is 4.49 Å². The average molecular weight is 448 g/mol. The third-order valence-electron chi connectivity index (χ3n) is 4.68. The van der Waals surface area contributed by atoms with Crippen molar-refractivity contribution in [2.75, 3.05) is 43.0 Å². The van der Waals surface area contributed by atoms with Crippen LogP contribution < -0.4 is 10.2 Å². The highest BCUT2D eigenvalue weighted by atomic mass is 32.1. The van der Waals surface area contributed by atoms with Crippen LogP contribution in [0, 0.1) is 10.1 Å². The quantitative estimate of drug-likeness (QED) is 0.395. The molecule has 1 aromatic carbocycles. The van der Waals surface area contributed by atoms with Gasteiger partial charge in [0, 0.05) is 56.3 Å². The number of amides is 2. The number of carbonyl (C=O) groups is 3. The molecule has 2 aromatic rings. The summed E-state index contributed by atoms with van der Waals surface area (Å²) < 4.78 is 8.51. The van der Waals surface area contributed by atoms with Gasteiger partial charge < -0.3 is 19.9 Å².